The fourth-order valence-corrected chi connectivity index (χ4v) is 16.4. The number of fused-ring (bicyclic) bond motifs is 14. The molecular weight excluding hydrogens is 1390 g/mol. The minimum atomic E-state index is 0.0796. The van der Waals surface area contributed by atoms with Crippen molar-refractivity contribution in [1.29, 1.82) is 0 Å². The third-order valence-electron chi connectivity index (χ3n) is 22.7. The maximum absolute atomic E-state index is 6.65. The zero-order chi connectivity index (χ0) is 77.7. The van der Waals surface area contributed by atoms with Gasteiger partial charge in [-0.2, -0.15) is 0 Å². The lowest BCUT2D eigenvalue weighted by molar-refractivity contribution is 0.590. The molecule has 114 heavy (non-hydrogen) atoms. The molecule has 0 aliphatic carbocycles. The van der Waals surface area contributed by atoms with Crippen LogP contribution >= 0.6 is 0 Å². The molecule has 20 rings (SSSR count). The Morgan fingerprint density at radius 1 is 0.193 bits per heavy atom. The van der Waals surface area contributed by atoms with Gasteiger partial charge in [0.05, 0.1) is 0 Å². The average molecular weight is 1480 g/mol. The molecule has 4 heterocycles. The van der Waals surface area contributed by atoms with E-state index in [0.717, 1.165) is 178 Å². The summed E-state index contributed by atoms with van der Waals surface area (Å²) in [4.78, 5) is 9.17. The van der Waals surface area contributed by atoms with Crippen LogP contribution in [0.2, 0.25) is 0 Å². The molecule has 0 bridgehead atoms. The zero-order valence-corrected chi connectivity index (χ0v) is 65.9. The van der Waals surface area contributed by atoms with Crippen LogP contribution in [0.15, 0.2) is 357 Å². The van der Waals surface area contributed by atoms with Crippen LogP contribution in [0.3, 0.4) is 0 Å². The van der Waals surface area contributed by atoms with E-state index >= 15 is 0 Å². The largest absolute Gasteiger partial charge is 0.456 e. The highest BCUT2D eigenvalue weighted by Crippen LogP contribution is 2.47. The van der Waals surface area contributed by atoms with Crippen LogP contribution < -0.4 is 19.6 Å². The Bertz CT molecular complexity index is 6550. The fourth-order valence-electron chi connectivity index (χ4n) is 16.4. The molecule has 0 aliphatic rings. The van der Waals surface area contributed by atoms with E-state index in [9.17, 15) is 0 Å². The summed E-state index contributed by atoms with van der Waals surface area (Å²) < 4.78 is 26.6. The van der Waals surface area contributed by atoms with Crippen molar-refractivity contribution < 1.29 is 17.7 Å². The maximum atomic E-state index is 6.65. The SMILES string of the molecule is CC(C)(C)c1ccc(N(c2ccccc2)c2ccc3c(c2)oc2cc4cc5oc6cc(N(c7ccccc7)c7ccc(C(C)(C)C)cc7)ccc6c5cc4cc23)cc1.CC(C)c1ccc(N(c2ccccc2)c2ccc3c(c2)oc2cc4cc5oc6cc(N(c7ccccc7)c7ccc(C(C)C)cc7)ccc6c5cc4cc23)cc1. The van der Waals surface area contributed by atoms with Crippen molar-refractivity contribution in [2.24, 2.45) is 0 Å². The summed E-state index contributed by atoms with van der Waals surface area (Å²) >= 11 is 0. The Morgan fingerprint density at radius 3 is 0.605 bits per heavy atom. The van der Waals surface area contributed by atoms with Crippen molar-refractivity contribution in [2.75, 3.05) is 19.6 Å². The lowest BCUT2D eigenvalue weighted by atomic mass is 9.87. The zero-order valence-electron chi connectivity index (χ0n) is 65.9. The highest BCUT2D eigenvalue weighted by molar-refractivity contribution is 6.18. The quantitative estimate of drug-likeness (QED) is 0.107. The van der Waals surface area contributed by atoms with Gasteiger partial charge < -0.3 is 37.3 Å². The number of hydrogen-bond donors (Lipinski definition) is 0. The standard InChI is InChI=1S/C54H46N2O2.C52H42N2O2/c1-53(2,3)37-17-21-41(22-18-37)55(39-13-9-7-10-14-39)43-25-27-45-47-29-35-30-48-46-28-26-44(34-52(46)58-50(48)32-36(35)31-49(47)57-51(45)33-43)56(40-15-11-8-12-16-40)42-23-19-38(20-24-42)54(4,5)6;1-33(2)35-15-19-41(20-16-35)53(39-11-7-5-8-12-39)43-23-25-45-47-27-37-28-48-46-26-24-44(32-52(46)56-50(48)30-38(37)29-49(47)55-51(45)31-43)54(40-13-9-6-10-14-40)42-21-17-36(18-22-42)34(3)4/h7-34H,1-6H3;5-34H,1-4H3. The number of furan rings is 4. The van der Waals surface area contributed by atoms with Gasteiger partial charge in [0.25, 0.3) is 0 Å². The van der Waals surface area contributed by atoms with Crippen molar-refractivity contribution in [3.63, 3.8) is 0 Å². The lowest BCUT2D eigenvalue weighted by Crippen LogP contribution is -2.13. The summed E-state index contributed by atoms with van der Waals surface area (Å²) in [5, 5.41) is 13.2. The molecule has 0 saturated carbocycles. The Hall–Kier alpha value is -13.6. The van der Waals surface area contributed by atoms with Gasteiger partial charge in [-0.05, 0) is 261 Å². The first kappa shape index (κ1) is 70.8. The maximum Gasteiger partial charge on any atom is 0.137 e. The third kappa shape index (κ3) is 13.2. The van der Waals surface area contributed by atoms with Crippen LogP contribution in [0.25, 0.3) is 109 Å². The van der Waals surface area contributed by atoms with Gasteiger partial charge in [0, 0.05) is 136 Å². The van der Waals surface area contributed by atoms with Crippen LogP contribution in [0, 0.1) is 0 Å². The van der Waals surface area contributed by atoms with E-state index in [2.05, 4.69) is 429 Å². The number of anilines is 12. The van der Waals surface area contributed by atoms with E-state index in [1.54, 1.807) is 0 Å². The summed E-state index contributed by atoms with van der Waals surface area (Å²) in [6.07, 6.45) is 0. The molecule has 0 saturated heterocycles. The summed E-state index contributed by atoms with van der Waals surface area (Å²) in [5.41, 5.74) is 25.3. The van der Waals surface area contributed by atoms with Gasteiger partial charge in [-0.1, -0.05) is 191 Å². The second-order valence-electron chi connectivity index (χ2n) is 33.0. The van der Waals surface area contributed by atoms with Gasteiger partial charge in [0.15, 0.2) is 0 Å². The number of para-hydroxylation sites is 4. The second-order valence-corrected chi connectivity index (χ2v) is 33.0. The van der Waals surface area contributed by atoms with Crippen molar-refractivity contribution in [2.45, 2.75) is 91.9 Å². The van der Waals surface area contributed by atoms with Crippen LogP contribution in [0.1, 0.15) is 103 Å². The molecule has 0 spiro atoms. The summed E-state index contributed by atoms with van der Waals surface area (Å²) in [7, 11) is 0. The smallest absolute Gasteiger partial charge is 0.137 e. The van der Waals surface area contributed by atoms with Gasteiger partial charge >= 0.3 is 0 Å². The van der Waals surface area contributed by atoms with Crippen LogP contribution in [-0.4, -0.2) is 0 Å². The molecule has 556 valence electrons. The molecule has 20 aromatic rings. The first-order valence-electron chi connectivity index (χ1n) is 39.7. The normalized spacial score (nSPS) is 12.1. The van der Waals surface area contributed by atoms with E-state index < -0.39 is 0 Å². The molecule has 0 atom stereocenters. The Labute approximate surface area is 664 Å². The van der Waals surface area contributed by atoms with E-state index in [-0.39, 0.29) is 10.8 Å². The predicted octanol–water partition coefficient (Wildman–Crippen LogP) is 32.0. The number of nitrogens with zero attached hydrogens (tertiary/aromatic N) is 4. The molecule has 0 N–H and O–H groups in total. The van der Waals surface area contributed by atoms with Crippen molar-refractivity contribution in [3.05, 3.63) is 362 Å². The van der Waals surface area contributed by atoms with E-state index in [1.165, 1.54) is 22.3 Å². The van der Waals surface area contributed by atoms with Crippen molar-refractivity contribution in [3.8, 4) is 0 Å². The highest BCUT2D eigenvalue weighted by atomic mass is 16.3. The molecule has 0 aliphatic heterocycles. The minimum absolute atomic E-state index is 0.0796. The lowest BCUT2D eigenvalue weighted by Gasteiger charge is -2.26. The predicted molar refractivity (Wildman–Crippen MR) is 481 cm³/mol. The van der Waals surface area contributed by atoms with Crippen LogP contribution in [0.4, 0.5) is 68.2 Å². The summed E-state index contributed by atoms with van der Waals surface area (Å²) in [6.45, 7) is 22.4. The molecule has 0 radical (unpaired) electrons. The van der Waals surface area contributed by atoms with Crippen molar-refractivity contribution >= 4 is 178 Å². The molecule has 16 aromatic carbocycles. The second kappa shape index (κ2) is 28.3. The van der Waals surface area contributed by atoms with Gasteiger partial charge in [0.2, 0.25) is 0 Å². The number of benzene rings is 16. The first-order valence-corrected chi connectivity index (χ1v) is 39.7. The molecule has 0 amide bonds. The number of rotatable bonds is 14. The highest BCUT2D eigenvalue weighted by Gasteiger charge is 2.25. The van der Waals surface area contributed by atoms with Gasteiger partial charge in [-0.15, -0.1) is 0 Å². The van der Waals surface area contributed by atoms with E-state index in [4.69, 9.17) is 17.7 Å². The Balaban J connectivity index is 0.000000153. The Kier molecular flexibility index (Phi) is 17.6. The van der Waals surface area contributed by atoms with Crippen molar-refractivity contribution in [1.82, 2.24) is 0 Å². The molecule has 4 aromatic heterocycles. The molecule has 8 nitrogen and oxygen atoms in total. The average Bonchev–Trinajstić information content (AvgIpc) is 1.59. The van der Waals surface area contributed by atoms with Crippen LogP contribution in [0.5, 0.6) is 0 Å². The molecule has 0 fully saturated rings. The van der Waals surface area contributed by atoms with E-state index in [1.807, 2.05) is 0 Å². The fraction of sp³-hybridized carbons (Fsp3) is 0.132. The monoisotopic (exact) mass is 1480 g/mol. The van der Waals surface area contributed by atoms with Gasteiger partial charge in [-0.25, -0.2) is 0 Å². The molecule has 0 unspecified atom stereocenters. The minimum Gasteiger partial charge on any atom is -0.456 e. The molecule has 8 heteroatoms. The Morgan fingerprint density at radius 2 is 0.386 bits per heavy atom. The van der Waals surface area contributed by atoms with E-state index in [0.29, 0.717) is 11.8 Å². The first-order chi connectivity index (χ1) is 55.3. The van der Waals surface area contributed by atoms with Gasteiger partial charge in [0.1, 0.15) is 44.7 Å². The topological polar surface area (TPSA) is 65.5 Å². The van der Waals surface area contributed by atoms with Gasteiger partial charge in [-0.3, -0.25) is 0 Å². The number of hydrogen-bond acceptors (Lipinski definition) is 8. The third-order valence-corrected chi connectivity index (χ3v) is 22.7. The summed E-state index contributed by atoms with van der Waals surface area (Å²) in [6, 6.07) is 122. The molecular formula is C106H88N4O4. The summed E-state index contributed by atoms with van der Waals surface area (Å²) in [5.74, 6) is 0.947. The van der Waals surface area contributed by atoms with Crippen LogP contribution in [-0.2, 0) is 10.8 Å².